The Hall–Kier alpha value is -2.55. The van der Waals surface area contributed by atoms with E-state index in [0.29, 0.717) is 22.8 Å². The minimum Gasteiger partial charge on any atom is -0.369 e. The van der Waals surface area contributed by atoms with Crippen molar-refractivity contribution in [3.8, 4) is 6.07 Å². The minimum atomic E-state index is -0.131. The molecule has 1 saturated heterocycles. The van der Waals surface area contributed by atoms with Crippen molar-refractivity contribution >= 4 is 28.9 Å². The monoisotopic (exact) mass is 368 g/mol. The predicted molar refractivity (Wildman–Crippen MR) is 105 cm³/mol. The van der Waals surface area contributed by atoms with Crippen LogP contribution in [0.1, 0.15) is 11.1 Å². The Morgan fingerprint density at radius 3 is 2.62 bits per heavy atom. The molecule has 1 N–H and O–H groups in total. The lowest BCUT2D eigenvalue weighted by atomic mass is 10.1. The summed E-state index contributed by atoms with van der Waals surface area (Å²) >= 11 is 5.96. The number of piperazine rings is 1. The summed E-state index contributed by atoms with van der Waals surface area (Å²) in [4.78, 5) is 16.8. The fourth-order valence-electron chi connectivity index (χ4n) is 3.18. The molecule has 2 aromatic carbocycles. The summed E-state index contributed by atoms with van der Waals surface area (Å²) in [7, 11) is 0. The van der Waals surface area contributed by atoms with Gasteiger partial charge in [0.2, 0.25) is 5.91 Å². The Labute approximate surface area is 158 Å². The topological polar surface area (TPSA) is 59.4 Å². The van der Waals surface area contributed by atoms with E-state index in [9.17, 15) is 4.79 Å². The fraction of sp³-hybridized carbons (Fsp3) is 0.300. The van der Waals surface area contributed by atoms with Gasteiger partial charge in [0, 0.05) is 36.9 Å². The summed E-state index contributed by atoms with van der Waals surface area (Å²) in [6, 6.07) is 15.3. The van der Waals surface area contributed by atoms with Crippen LogP contribution < -0.4 is 10.2 Å². The number of anilines is 2. The van der Waals surface area contributed by atoms with E-state index in [1.54, 1.807) is 18.2 Å². The summed E-state index contributed by atoms with van der Waals surface area (Å²) in [5, 5.41) is 12.4. The molecule has 0 aliphatic carbocycles. The Morgan fingerprint density at radius 1 is 1.19 bits per heavy atom. The summed E-state index contributed by atoms with van der Waals surface area (Å²) < 4.78 is 0. The zero-order valence-corrected chi connectivity index (χ0v) is 15.5. The van der Waals surface area contributed by atoms with Crippen molar-refractivity contribution in [2.45, 2.75) is 6.92 Å². The molecule has 0 atom stereocenters. The van der Waals surface area contributed by atoms with Gasteiger partial charge in [-0.3, -0.25) is 9.69 Å². The SMILES string of the molecule is Cc1ccccc1N1CCN(CC(=O)Nc2cc(Cl)ccc2C#N)CC1. The molecular weight excluding hydrogens is 348 g/mol. The van der Waals surface area contributed by atoms with Crippen molar-refractivity contribution < 1.29 is 4.79 Å². The molecule has 2 aromatic rings. The molecule has 134 valence electrons. The summed E-state index contributed by atoms with van der Waals surface area (Å²) in [5.74, 6) is -0.131. The van der Waals surface area contributed by atoms with Gasteiger partial charge in [0.05, 0.1) is 17.8 Å². The maximum atomic E-state index is 12.3. The van der Waals surface area contributed by atoms with Crippen LogP contribution in [0.15, 0.2) is 42.5 Å². The van der Waals surface area contributed by atoms with Gasteiger partial charge in [-0.1, -0.05) is 29.8 Å². The smallest absolute Gasteiger partial charge is 0.238 e. The van der Waals surface area contributed by atoms with Crippen molar-refractivity contribution in [1.29, 1.82) is 5.26 Å². The first-order chi connectivity index (χ1) is 12.6. The van der Waals surface area contributed by atoms with Crippen LogP contribution in [-0.2, 0) is 4.79 Å². The van der Waals surface area contributed by atoms with E-state index in [-0.39, 0.29) is 5.91 Å². The molecule has 0 unspecified atom stereocenters. The molecule has 0 bridgehead atoms. The number of para-hydroxylation sites is 1. The molecule has 0 saturated carbocycles. The molecule has 1 aliphatic rings. The zero-order chi connectivity index (χ0) is 18.5. The molecule has 0 spiro atoms. The summed E-state index contributed by atoms with van der Waals surface area (Å²) in [5.41, 5.74) is 3.40. The first kappa shape index (κ1) is 18.2. The van der Waals surface area contributed by atoms with Crippen LogP contribution in [0.5, 0.6) is 0 Å². The van der Waals surface area contributed by atoms with Crippen molar-refractivity contribution in [3.05, 3.63) is 58.6 Å². The number of benzene rings is 2. The first-order valence-corrected chi connectivity index (χ1v) is 8.97. The molecule has 1 aliphatic heterocycles. The zero-order valence-electron chi connectivity index (χ0n) is 14.7. The van der Waals surface area contributed by atoms with Crippen LogP contribution in [-0.4, -0.2) is 43.5 Å². The normalized spacial score (nSPS) is 14.7. The number of amides is 1. The molecule has 5 nitrogen and oxygen atoms in total. The van der Waals surface area contributed by atoms with Crippen molar-refractivity contribution in [1.82, 2.24) is 4.90 Å². The maximum Gasteiger partial charge on any atom is 0.238 e. The van der Waals surface area contributed by atoms with Gasteiger partial charge >= 0.3 is 0 Å². The van der Waals surface area contributed by atoms with Gasteiger partial charge in [-0.15, -0.1) is 0 Å². The molecular formula is C20H21ClN4O. The second-order valence-electron chi connectivity index (χ2n) is 6.40. The molecule has 6 heteroatoms. The average molecular weight is 369 g/mol. The van der Waals surface area contributed by atoms with Gasteiger partial charge in [-0.25, -0.2) is 0 Å². The van der Waals surface area contributed by atoms with Gasteiger partial charge < -0.3 is 10.2 Å². The number of carbonyl (C=O) groups excluding carboxylic acids is 1. The van der Waals surface area contributed by atoms with Gasteiger partial charge in [0.15, 0.2) is 0 Å². The molecule has 1 heterocycles. The highest BCUT2D eigenvalue weighted by Gasteiger charge is 2.20. The first-order valence-electron chi connectivity index (χ1n) is 8.59. The summed E-state index contributed by atoms with van der Waals surface area (Å²) in [6.07, 6.45) is 0. The number of hydrogen-bond acceptors (Lipinski definition) is 4. The highest BCUT2D eigenvalue weighted by Crippen LogP contribution is 2.22. The fourth-order valence-corrected chi connectivity index (χ4v) is 3.35. The molecule has 26 heavy (non-hydrogen) atoms. The van der Waals surface area contributed by atoms with Gasteiger partial charge in [0.25, 0.3) is 0 Å². The van der Waals surface area contributed by atoms with Gasteiger partial charge in [-0.2, -0.15) is 5.26 Å². The number of nitriles is 1. The Morgan fingerprint density at radius 2 is 1.92 bits per heavy atom. The number of aryl methyl sites for hydroxylation is 1. The third kappa shape index (κ3) is 4.34. The Bertz CT molecular complexity index is 838. The quantitative estimate of drug-likeness (QED) is 0.899. The number of nitrogens with one attached hydrogen (secondary N) is 1. The van der Waals surface area contributed by atoms with E-state index in [1.165, 1.54) is 11.3 Å². The van der Waals surface area contributed by atoms with Crippen LogP contribution in [0, 0.1) is 18.3 Å². The highest BCUT2D eigenvalue weighted by molar-refractivity contribution is 6.31. The lowest BCUT2D eigenvalue weighted by molar-refractivity contribution is -0.117. The van der Waals surface area contributed by atoms with Crippen LogP contribution >= 0.6 is 11.6 Å². The van der Waals surface area contributed by atoms with Crippen LogP contribution in [0.25, 0.3) is 0 Å². The standard InChI is InChI=1S/C20H21ClN4O/c1-15-4-2-3-5-19(15)25-10-8-24(9-11-25)14-20(26)23-18-12-17(21)7-6-16(18)13-22/h2-7,12H,8-11,14H2,1H3,(H,23,26). The number of rotatable bonds is 4. The van der Waals surface area contributed by atoms with Gasteiger partial charge in [0.1, 0.15) is 6.07 Å². The number of carbonyl (C=O) groups is 1. The predicted octanol–water partition coefficient (Wildman–Crippen LogP) is 3.28. The second kappa shape index (κ2) is 8.22. The van der Waals surface area contributed by atoms with Crippen molar-refractivity contribution in [2.75, 3.05) is 42.9 Å². The third-order valence-corrected chi connectivity index (χ3v) is 4.81. The molecule has 1 fully saturated rings. The molecule has 1 amide bonds. The Balaban J connectivity index is 1.55. The number of nitrogens with zero attached hydrogens (tertiary/aromatic N) is 3. The molecule has 0 aromatic heterocycles. The van der Waals surface area contributed by atoms with E-state index in [0.717, 1.165) is 26.2 Å². The van der Waals surface area contributed by atoms with E-state index in [4.69, 9.17) is 16.9 Å². The molecule has 3 rings (SSSR count). The molecule has 0 radical (unpaired) electrons. The van der Waals surface area contributed by atoms with Crippen LogP contribution in [0.2, 0.25) is 5.02 Å². The largest absolute Gasteiger partial charge is 0.369 e. The van der Waals surface area contributed by atoms with E-state index in [1.807, 2.05) is 6.07 Å². The van der Waals surface area contributed by atoms with E-state index in [2.05, 4.69) is 46.3 Å². The lowest BCUT2D eigenvalue weighted by Gasteiger charge is -2.36. The van der Waals surface area contributed by atoms with E-state index < -0.39 is 0 Å². The van der Waals surface area contributed by atoms with Crippen LogP contribution in [0.4, 0.5) is 11.4 Å². The average Bonchev–Trinajstić information content (AvgIpc) is 2.63. The highest BCUT2D eigenvalue weighted by atomic mass is 35.5. The third-order valence-electron chi connectivity index (χ3n) is 4.57. The second-order valence-corrected chi connectivity index (χ2v) is 6.84. The van der Waals surface area contributed by atoms with Crippen molar-refractivity contribution in [3.63, 3.8) is 0 Å². The van der Waals surface area contributed by atoms with Gasteiger partial charge in [-0.05, 0) is 36.8 Å². The Kier molecular flexibility index (Phi) is 5.77. The van der Waals surface area contributed by atoms with Crippen molar-refractivity contribution in [2.24, 2.45) is 0 Å². The number of halogens is 1. The number of hydrogen-bond donors (Lipinski definition) is 1. The lowest BCUT2D eigenvalue weighted by Crippen LogP contribution is -2.48. The van der Waals surface area contributed by atoms with Crippen LogP contribution in [0.3, 0.4) is 0 Å². The minimum absolute atomic E-state index is 0.131. The summed E-state index contributed by atoms with van der Waals surface area (Å²) in [6.45, 7) is 5.84. The van der Waals surface area contributed by atoms with E-state index >= 15 is 0 Å². The maximum absolute atomic E-state index is 12.3.